The average molecular weight is 343 g/mol. The third-order valence-electron chi connectivity index (χ3n) is 4.36. The summed E-state index contributed by atoms with van der Waals surface area (Å²) >= 11 is 0. The van der Waals surface area contributed by atoms with Crippen LogP contribution in [-0.4, -0.2) is 55.3 Å². The van der Waals surface area contributed by atoms with Crippen molar-refractivity contribution in [2.45, 2.75) is 25.0 Å². The molecule has 0 aliphatic carbocycles. The van der Waals surface area contributed by atoms with Crippen LogP contribution in [0.25, 0.3) is 6.08 Å². The smallest absolute Gasteiger partial charge is 0.267 e. The van der Waals surface area contributed by atoms with Gasteiger partial charge >= 0.3 is 0 Å². The van der Waals surface area contributed by atoms with E-state index in [4.69, 9.17) is 5.21 Å². The minimum atomic E-state index is -0.621. The fourth-order valence-electron chi connectivity index (χ4n) is 3.09. The SMILES string of the molecule is O=C(/C=C/c1cn([C@H]2C[C@H](CO)N(Cc3ccccc3)C2)nn1)NO. The molecule has 1 saturated heterocycles. The Bertz CT molecular complexity index is 731. The monoisotopic (exact) mass is 343 g/mol. The zero-order valence-corrected chi connectivity index (χ0v) is 13.7. The number of rotatable bonds is 6. The third kappa shape index (κ3) is 4.30. The second-order valence-corrected chi connectivity index (χ2v) is 6.07. The van der Waals surface area contributed by atoms with Crippen LogP contribution in [-0.2, 0) is 11.3 Å². The molecule has 8 nitrogen and oxygen atoms in total. The van der Waals surface area contributed by atoms with Gasteiger partial charge in [-0.2, -0.15) is 0 Å². The Morgan fingerprint density at radius 2 is 2.16 bits per heavy atom. The number of aliphatic hydroxyl groups excluding tert-OH is 1. The molecule has 0 spiro atoms. The van der Waals surface area contributed by atoms with Crippen molar-refractivity contribution in [1.29, 1.82) is 0 Å². The number of hydrogen-bond donors (Lipinski definition) is 3. The van der Waals surface area contributed by atoms with Crippen LogP contribution in [0.3, 0.4) is 0 Å². The number of nitrogens with one attached hydrogen (secondary N) is 1. The molecular formula is C17H21N5O3. The van der Waals surface area contributed by atoms with Gasteiger partial charge in [-0.25, -0.2) is 10.2 Å². The highest BCUT2D eigenvalue weighted by molar-refractivity contribution is 5.90. The van der Waals surface area contributed by atoms with E-state index in [1.54, 1.807) is 10.9 Å². The maximum absolute atomic E-state index is 11.0. The Labute approximate surface area is 145 Å². The number of amides is 1. The van der Waals surface area contributed by atoms with Crippen molar-refractivity contribution in [2.24, 2.45) is 0 Å². The summed E-state index contributed by atoms with van der Waals surface area (Å²) in [6.07, 6.45) is 5.20. The number of aromatic nitrogens is 3. The third-order valence-corrected chi connectivity index (χ3v) is 4.36. The number of carbonyl (C=O) groups excluding carboxylic acids is 1. The van der Waals surface area contributed by atoms with Crippen molar-refractivity contribution in [3.8, 4) is 0 Å². The van der Waals surface area contributed by atoms with Gasteiger partial charge in [-0.1, -0.05) is 35.5 Å². The number of benzene rings is 1. The van der Waals surface area contributed by atoms with Gasteiger partial charge in [0.05, 0.1) is 18.8 Å². The van der Waals surface area contributed by atoms with Crippen molar-refractivity contribution < 1.29 is 15.1 Å². The zero-order chi connectivity index (χ0) is 17.6. The van der Waals surface area contributed by atoms with Crippen LogP contribution in [0.15, 0.2) is 42.6 Å². The van der Waals surface area contributed by atoms with E-state index in [-0.39, 0.29) is 18.7 Å². The molecule has 2 atom stereocenters. The quantitative estimate of drug-likeness (QED) is 0.403. The molecule has 2 heterocycles. The molecule has 0 bridgehead atoms. The van der Waals surface area contributed by atoms with E-state index in [0.717, 1.165) is 19.5 Å². The number of aliphatic hydroxyl groups is 1. The Morgan fingerprint density at radius 1 is 1.36 bits per heavy atom. The van der Waals surface area contributed by atoms with Crippen LogP contribution in [0.4, 0.5) is 0 Å². The van der Waals surface area contributed by atoms with Crippen LogP contribution < -0.4 is 5.48 Å². The van der Waals surface area contributed by atoms with Crippen LogP contribution >= 0.6 is 0 Å². The Balaban J connectivity index is 1.66. The molecule has 3 N–H and O–H groups in total. The summed E-state index contributed by atoms with van der Waals surface area (Å²) in [4.78, 5) is 13.3. The summed E-state index contributed by atoms with van der Waals surface area (Å²) < 4.78 is 1.77. The molecule has 3 rings (SSSR count). The predicted octanol–water partition coefficient (Wildman–Crippen LogP) is 0.605. The summed E-state index contributed by atoms with van der Waals surface area (Å²) in [7, 11) is 0. The van der Waals surface area contributed by atoms with Crippen LogP contribution in [0.2, 0.25) is 0 Å². The number of carbonyl (C=O) groups is 1. The largest absolute Gasteiger partial charge is 0.395 e. The Kier molecular flexibility index (Phi) is 5.54. The standard InChI is InChI=1S/C17H21N5O3/c23-12-16-8-15(11-21(16)9-13-4-2-1-3-5-13)22-10-14(18-20-22)6-7-17(24)19-25/h1-7,10,15-16,23,25H,8-9,11-12H2,(H,19,24)/b7-6+/t15-,16+/m0/s1. The molecule has 0 unspecified atom stereocenters. The number of nitrogens with zero attached hydrogens (tertiary/aromatic N) is 4. The molecule has 1 aromatic carbocycles. The number of likely N-dealkylation sites (tertiary alicyclic amines) is 1. The molecule has 25 heavy (non-hydrogen) atoms. The van der Waals surface area contributed by atoms with Gasteiger partial charge in [-0.3, -0.25) is 14.9 Å². The summed E-state index contributed by atoms with van der Waals surface area (Å²) in [5.41, 5.74) is 3.26. The average Bonchev–Trinajstić information content (AvgIpc) is 3.27. The lowest BCUT2D eigenvalue weighted by molar-refractivity contribution is -0.124. The van der Waals surface area contributed by atoms with Crippen molar-refractivity contribution in [3.63, 3.8) is 0 Å². The fourth-order valence-corrected chi connectivity index (χ4v) is 3.09. The van der Waals surface area contributed by atoms with Crippen molar-refractivity contribution in [2.75, 3.05) is 13.2 Å². The highest BCUT2D eigenvalue weighted by Crippen LogP contribution is 2.28. The van der Waals surface area contributed by atoms with Crippen molar-refractivity contribution in [1.82, 2.24) is 25.4 Å². The van der Waals surface area contributed by atoms with Gasteiger partial charge < -0.3 is 5.11 Å². The summed E-state index contributed by atoms with van der Waals surface area (Å²) in [6.45, 7) is 1.64. The first-order valence-electron chi connectivity index (χ1n) is 8.12. The molecule has 132 valence electrons. The Morgan fingerprint density at radius 3 is 2.88 bits per heavy atom. The molecule has 2 aromatic rings. The van der Waals surface area contributed by atoms with Gasteiger partial charge in [0.15, 0.2) is 0 Å². The van der Waals surface area contributed by atoms with E-state index in [0.29, 0.717) is 5.69 Å². The second-order valence-electron chi connectivity index (χ2n) is 6.07. The van der Waals surface area contributed by atoms with E-state index < -0.39 is 5.91 Å². The van der Waals surface area contributed by atoms with E-state index >= 15 is 0 Å². The second kappa shape index (κ2) is 8.02. The summed E-state index contributed by atoms with van der Waals surface area (Å²) in [5.74, 6) is -0.621. The van der Waals surface area contributed by atoms with Crippen molar-refractivity contribution in [3.05, 3.63) is 53.9 Å². The first-order chi connectivity index (χ1) is 12.2. The molecule has 1 amide bonds. The maximum atomic E-state index is 11.0. The Hall–Kier alpha value is -2.55. The molecule has 1 fully saturated rings. The van der Waals surface area contributed by atoms with Gasteiger partial charge in [-0.05, 0) is 18.1 Å². The van der Waals surface area contributed by atoms with Gasteiger partial charge in [0.2, 0.25) is 0 Å². The summed E-state index contributed by atoms with van der Waals surface area (Å²) in [5, 5.41) is 26.3. The van der Waals surface area contributed by atoms with E-state index in [9.17, 15) is 9.90 Å². The minimum absolute atomic E-state index is 0.0774. The fraction of sp³-hybridized carbons (Fsp3) is 0.353. The maximum Gasteiger partial charge on any atom is 0.267 e. The molecular weight excluding hydrogens is 322 g/mol. The predicted molar refractivity (Wildman–Crippen MR) is 90.4 cm³/mol. The molecule has 1 aliphatic rings. The molecule has 0 saturated carbocycles. The lowest BCUT2D eigenvalue weighted by atomic mass is 10.1. The first-order valence-corrected chi connectivity index (χ1v) is 8.12. The van der Waals surface area contributed by atoms with Crippen molar-refractivity contribution >= 4 is 12.0 Å². The van der Waals surface area contributed by atoms with E-state index in [1.807, 2.05) is 18.2 Å². The molecule has 1 aromatic heterocycles. The highest BCUT2D eigenvalue weighted by atomic mass is 16.5. The van der Waals surface area contributed by atoms with Crippen LogP contribution in [0.1, 0.15) is 23.7 Å². The normalized spacial score (nSPS) is 21.0. The van der Waals surface area contributed by atoms with Crippen LogP contribution in [0, 0.1) is 0 Å². The first kappa shape index (κ1) is 17.3. The zero-order valence-electron chi connectivity index (χ0n) is 13.7. The van der Waals surface area contributed by atoms with Gasteiger partial charge in [0.1, 0.15) is 5.69 Å². The lowest BCUT2D eigenvalue weighted by Crippen LogP contribution is -2.31. The molecule has 8 heteroatoms. The number of hydrogen-bond acceptors (Lipinski definition) is 6. The van der Waals surface area contributed by atoms with Gasteiger partial charge in [0.25, 0.3) is 5.91 Å². The highest BCUT2D eigenvalue weighted by Gasteiger charge is 2.33. The molecule has 0 radical (unpaired) electrons. The van der Waals surface area contributed by atoms with Gasteiger partial charge in [-0.15, -0.1) is 5.10 Å². The van der Waals surface area contributed by atoms with Crippen LogP contribution in [0.5, 0.6) is 0 Å². The minimum Gasteiger partial charge on any atom is -0.395 e. The number of hydroxylamine groups is 1. The van der Waals surface area contributed by atoms with E-state index in [1.165, 1.54) is 23.2 Å². The molecule has 1 aliphatic heterocycles. The van der Waals surface area contributed by atoms with E-state index in [2.05, 4.69) is 27.3 Å². The lowest BCUT2D eigenvalue weighted by Gasteiger charge is -2.22. The van der Waals surface area contributed by atoms with Gasteiger partial charge in [0, 0.05) is 25.2 Å². The summed E-state index contributed by atoms with van der Waals surface area (Å²) in [6, 6.07) is 10.3. The topological polar surface area (TPSA) is 104 Å².